The van der Waals surface area contributed by atoms with Crippen molar-refractivity contribution in [2.75, 3.05) is 20.1 Å². The van der Waals surface area contributed by atoms with Gasteiger partial charge in [-0.2, -0.15) is 10.2 Å². The average Bonchev–Trinajstić information content (AvgIpc) is 3.63. The van der Waals surface area contributed by atoms with Crippen LogP contribution in [0.3, 0.4) is 0 Å². The van der Waals surface area contributed by atoms with Gasteiger partial charge in [-0.1, -0.05) is 18.7 Å². The Hall–Kier alpha value is -4.40. The van der Waals surface area contributed by atoms with Gasteiger partial charge >= 0.3 is 0 Å². The number of nitrogens with zero attached hydrogens (tertiary/aromatic N) is 5. The normalized spacial score (nSPS) is 15.4. The number of aryl methyl sites for hydroxylation is 1. The average molecular weight is 471 g/mol. The van der Waals surface area contributed by atoms with Crippen molar-refractivity contribution in [3.8, 4) is 28.0 Å². The van der Waals surface area contributed by atoms with E-state index in [4.69, 9.17) is 4.74 Å². The van der Waals surface area contributed by atoms with Crippen molar-refractivity contribution >= 4 is 17.3 Å². The fourth-order valence-electron chi connectivity index (χ4n) is 4.42. The van der Waals surface area contributed by atoms with E-state index in [1.807, 2.05) is 43.7 Å². The van der Waals surface area contributed by atoms with Crippen LogP contribution >= 0.6 is 0 Å². The van der Waals surface area contributed by atoms with Crippen molar-refractivity contribution in [2.24, 2.45) is 7.05 Å². The third-order valence-electron chi connectivity index (χ3n) is 6.20. The third-order valence-corrected chi connectivity index (χ3v) is 6.20. The van der Waals surface area contributed by atoms with Crippen LogP contribution < -0.4 is 10.1 Å². The number of hydrogen-bond donors (Lipinski definition) is 1. The van der Waals surface area contributed by atoms with Gasteiger partial charge < -0.3 is 15.0 Å². The van der Waals surface area contributed by atoms with Crippen molar-refractivity contribution in [3.63, 3.8) is 0 Å². The molecule has 1 saturated heterocycles. The summed E-state index contributed by atoms with van der Waals surface area (Å²) in [6.45, 7) is 4.70. The number of aromatic nitrogens is 4. The van der Waals surface area contributed by atoms with Crippen LogP contribution in [0, 0.1) is 0 Å². The number of fused-ring (bicyclic) bond motifs is 1. The number of benzene rings is 1. The minimum atomic E-state index is -0.160. The molecule has 178 valence electrons. The zero-order chi connectivity index (χ0) is 24.5. The molecule has 0 spiro atoms. The van der Waals surface area contributed by atoms with E-state index in [0.717, 1.165) is 34.2 Å². The summed E-state index contributed by atoms with van der Waals surface area (Å²) in [6, 6.07) is 9.40. The Morgan fingerprint density at radius 1 is 1.14 bits per heavy atom. The molecule has 1 aliphatic heterocycles. The molecule has 4 heterocycles. The number of hydrogen-bond acceptors (Lipinski definition) is 5. The molecule has 0 radical (unpaired) electrons. The summed E-state index contributed by atoms with van der Waals surface area (Å²) in [6.07, 6.45) is 9.33. The number of likely N-dealkylation sites (tertiary alicyclic amines) is 1. The lowest BCUT2D eigenvalue weighted by molar-refractivity contribution is -0.125. The molecule has 9 heteroatoms. The lowest BCUT2D eigenvalue weighted by atomic mass is 10.0. The minimum Gasteiger partial charge on any atom is -0.486 e. The summed E-state index contributed by atoms with van der Waals surface area (Å²) < 4.78 is 10.0. The second-order valence-electron chi connectivity index (χ2n) is 8.52. The van der Waals surface area contributed by atoms with Crippen LogP contribution in [0.2, 0.25) is 0 Å². The van der Waals surface area contributed by atoms with Crippen LogP contribution in [0.4, 0.5) is 0 Å². The van der Waals surface area contributed by atoms with Gasteiger partial charge in [0.1, 0.15) is 17.4 Å². The van der Waals surface area contributed by atoms with Crippen LogP contribution in [-0.4, -0.2) is 62.3 Å². The zero-order valence-corrected chi connectivity index (χ0v) is 19.6. The SMILES string of the molecule is C=CC(=O)N1CC[C@@H](Oc2cc(-c3cnn(C)c3)cn3ncc(-c4cccc(C(=O)NC)c4)c23)C1. The molecule has 1 fully saturated rings. The Labute approximate surface area is 202 Å². The molecule has 0 saturated carbocycles. The summed E-state index contributed by atoms with van der Waals surface area (Å²) in [5.74, 6) is 0.403. The number of amides is 2. The van der Waals surface area contributed by atoms with Crippen molar-refractivity contribution < 1.29 is 14.3 Å². The number of pyridine rings is 1. The topological polar surface area (TPSA) is 93.8 Å². The van der Waals surface area contributed by atoms with E-state index >= 15 is 0 Å². The Balaban J connectivity index is 1.60. The maximum absolute atomic E-state index is 12.2. The van der Waals surface area contributed by atoms with E-state index < -0.39 is 0 Å². The molecular formula is C26H26N6O3. The van der Waals surface area contributed by atoms with Gasteiger partial charge in [0.25, 0.3) is 5.91 Å². The van der Waals surface area contributed by atoms with Crippen LogP contribution in [-0.2, 0) is 11.8 Å². The zero-order valence-electron chi connectivity index (χ0n) is 19.6. The van der Waals surface area contributed by atoms with E-state index in [2.05, 4.69) is 22.1 Å². The van der Waals surface area contributed by atoms with E-state index in [9.17, 15) is 9.59 Å². The molecule has 1 N–H and O–H groups in total. The van der Waals surface area contributed by atoms with E-state index in [0.29, 0.717) is 24.4 Å². The summed E-state index contributed by atoms with van der Waals surface area (Å²) >= 11 is 0. The predicted octanol–water partition coefficient (Wildman–Crippen LogP) is 2.93. The monoisotopic (exact) mass is 470 g/mol. The largest absolute Gasteiger partial charge is 0.486 e. The molecule has 35 heavy (non-hydrogen) atoms. The Kier molecular flexibility index (Phi) is 5.82. The summed E-state index contributed by atoms with van der Waals surface area (Å²) in [7, 11) is 3.48. The second kappa shape index (κ2) is 9.09. The first-order valence-corrected chi connectivity index (χ1v) is 11.4. The first-order chi connectivity index (χ1) is 17.0. The molecule has 1 aliphatic rings. The first-order valence-electron chi connectivity index (χ1n) is 11.4. The lowest BCUT2D eigenvalue weighted by Gasteiger charge is -2.17. The van der Waals surface area contributed by atoms with Gasteiger partial charge in [-0.3, -0.25) is 14.3 Å². The number of carbonyl (C=O) groups is 2. The highest BCUT2D eigenvalue weighted by Crippen LogP contribution is 2.36. The standard InChI is InChI=1S/C26H26N6O3/c1-4-24(33)31-9-8-21(16-31)35-23-11-19(20-12-28-30(3)14-20)15-32-25(23)22(13-29-32)17-6-5-7-18(10-17)26(34)27-2/h4-7,10-15,21H,1,8-9,16H2,2-3H3,(H,27,34)/t21-/m1/s1. The highest BCUT2D eigenvalue weighted by Gasteiger charge is 2.28. The molecule has 1 atom stereocenters. The molecular weight excluding hydrogens is 444 g/mol. The summed E-state index contributed by atoms with van der Waals surface area (Å²) in [5, 5.41) is 11.6. The quantitative estimate of drug-likeness (QED) is 0.438. The van der Waals surface area contributed by atoms with Crippen molar-refractivity contribution in [3.05, 3.63) is 73.3 Å². The fourth-order valence-corrected chi connectivity index (χ4v) is 4.42. The third kappa shape index (κ3) is 4.28. The van der Waals surface area contributed by atoms with Gasteiger partial charge in [0, 0.05) is 61.7 Å². The molecule has 2 amide bonds. The van der Waals surface area contributed by atoms with E-state index in [1.165, 1.54) is 6.08 Å². The molecule has 0 unspecified atom stereocenters. The highest BCUT2D eigenvalue weighted by atomic mass is 16.5. The summed E-state index contributed by atoms with van der Waals surface area (Å²) in [5.41, 5.74) is 4.91. The van der Waals surface area contributed by atoms with Crippen molar-refractivity contribution in [1.82, 2.24) is 29.6 Å². The first kappa shape index (κ1) is 22.4. The minimum absolute atomic E-state index is 0.0959. The Morgan fingerprint density at radius 2 is 2.00 bits per heavy atom. The van der Waals surface area contributed by atoms with Crippen molar-refractivity contribution in [2.45, 2.75) is 12.5 Å². The number of ether oxygens (including phenoxy) is 1. The number of carbonyl (C=O) groups excluding carboxylic acids is 2. The van der Waals surface area contributed by atoms with Crippen LogP contribution in [0.25, 0.3) is 27.8 Å². The van der Waals surface area contributed by atoms with Crippen LogP contribution in [0.1, 0.15) is 16.8 Å². The van der Waals surface area contributed by atoms with Gasteiger partial charge in [-0.05, 0) is 29.8 Å². The van der Waals surface area contributed by atoms with Gasteiger partial charge in [-0.25, -0.2) is 4.52 Å². The second-order valence-corrected chi connectivity index (χ2v) is 8.52. The van der Waals surface area contributed by atoms with Crippen molar-refractivity contribution in [1.29, 1.82) is 0 Å². The fraction of sp³-hybridized carbons (Fsp3) is 0.231. The van der Waals surface area contributed by atoms with Gasteiger partial charge in [0.2, 0.25) is 5.91 Å². The Bertz CT molecular complexity index is 1440. The number of rotatable bonds is 6. The molecule has 0 bridgehead atoms. The molecule has 9 nitrogen and oxygen atoms in total. The molecule has 0 aliphatic carbocycles. The maximum atomic E-state index is 12.2. The van der Waals surface area contributed by atoms with Gasteiger partial charge in [0.15, 0.2) is 0 Å². The molecule has 5 rings (SSSR count). The van der Waals surface area contributed by atoms with Crippen LogP contribution in [0.15, 0.2) is 67.8 Å². The van der Waals surface area contributed by atoms with E-state index in [1.54, 1.807) is 39.6 Å². The molecule has 4 aromatic rings. The van der Waals surface area contributed by atoms with Crippen LogP contribution in [0.5, 0.6) is 5.75 Å². The molecule has 1 aromatic carbocycles. The highest BCUT2D eigenvalue weighted by molar-refractivity contribution is 5.96. The maximum Gasteiger partial charge on any atom is 0.251 e. The number of nitrogens with one attached hydrogen (secondary N) is 1. The summed E-state index contributed by atoms with van der Waals surface area (Å²) in [4.78, 5) is 26.0. The lowest BCUT2D eigenvalue weighted by Crippen LogP contribution is -2.29. The molecule has 3 aromatic heterocycles. The van der Waals surface area contributed by atoms with E-state index in [-0.39, 0.29) is 17.9 Å². The smallest absolute Gasteiger partial charge is 0.251 e. The Morgan fingerprint density at radius 3 is 2.74 bits per heavy atom. The van der Waals surface area contributed by atoms with Gasteiger partial charge in [-0.15, -0.1) is 0 Å². The van der Waals surface area contributed by atoms with Gasteiger partial charge in [0.05, 0.1) is 18.9 Å². The predicted molar refractivity (Wildman–Crippen MR) is 132 cm³/mol.